The van der Waals surface area contributed by atoms with Crippen LogP contribution >= 0.6 is 0 Å². The van der Waals surface area contributed by atoms with Gasteiger partial charge in [-0.15, -0.1) is 0 Å². The maximum Gasteiger partial charge on any atom is 0.0544 e. The number of rotatable bonds is 5. The molecule has 2 aromatic heterocycles. The molecular formula is C41H36N2. The molecule has 2 heterocycles. The quantitative estimate of drug-likeness (QED) is 0.200. The number of hydrogen-bond donors (Lipinski definition) is 0. The molecule has 0 unspecified atom stereocenters. The van der Waals surface area contributed by atoms with Crippen molar-refractivity contribution in [3.8, 4) is 22.5 Å². The summed E-state index contributed by atoms with van der Waals surface area (Å²) in [5, 5.41) is 3.96. The Morgan fingerprint density at radius 1 is 0.605 bits per heavy atom. The molecule has 0 radical (unpaired) electrons. The van der Waals surface area contributed by atoms with Crippen molar-refractivity contribution in [3.05, 3.63) is 138 Å². The van der Waals surface area contributed by atoms with E-state index in [9.17, 15) is 0 Å². The van der Waals surface area contributed by atoms with Gasteiger partial charge in [-0.2, -0.15) is 0 Å². The molecule has 2 heteroatoms. The van der Waals surface area contributed by atoms with Crippen molar-refractivity contribution in [1.29, 1.82) is 0 Å². The number of allylic oxidation sites excluding steroid dienone is 1. The molecule has 0 aliphatic heterocycles. The summed E-state index contributed by atoms with van der Waals surface area (Å²) in [6, 6.07) is 42.8. The zero-order chi connectivity index (χ0) is 29.1. The van der Waals surface area contributed by atoms with Crippen molar-refractivity contribution >= 4 is 38.8 Å². The molecule has 43 heavy (non-hydrogen) atoms. The Balaban J connectivity index is 1.30. The van der Waals surface area contributed by atoms with Crippen LogP contribution in [0, 0.1) is 0 Å². The molecule has 0 N–H and O–H groups in total. The first-order valence-electron chi connectivity index (χ1n) is 15.6. The Hall–Kier alpha value is -4.82. The van der Waals surface area contributed by atoms with E-state index in [1.807, 2.05) is 0 Å². The SMILES string of the molecule is CCC(C)(C)c1ccc2c3ccccc3n(-c3cccc(-c4cccc(-n5c6c(c7ccccc75)CCC=C6)c4)c3)c2c1. The molecule has 0 fully saturated rings. The van der Waals surface area contributed by atoms with Gasteiger partial charge in [0.2, 0.25) is 0 Å². The normalized spacial score (nSPS) is 13.3. The number of para-hydroxylation sites is 2. The molecule has 1 aliphatic rings. The average Bonchev–Trinajstić information content (AvgIpc) is 3.57. The molecule has 5 aromatic carbocycles. The fourth-order valence-electron chi connectivity index (χ4n) is 6.99. The lowest BCUT2D eigenvalue weighted by atomic mass is 9.82. The van der Waals surface area contributed by atoms with E-state index in [0.717, 1.165) is 19.3 Å². The maximum absolute atomic E-state index is 2.45. The van der Waals surface area contributed by atoms with Gasteiger partial charge in [-0.3, -0.25) is 0 Å². The molecule has 0 amide bonds. The summed E-state index contributed by atoms with van der Waals surface area (Å²) >= 11 is 0. The van der Waals surface area contributed by atoms with E-state index in [1.165, 1.54) is 72.0 Å². The summed E-state index contributed by atoms with van der Waals surface area (Å²) < 4.78 is 4.89. The van der Waals surface area contributed by atoms with Crippen LogP contribution in [0.5, 0.6) is 0 Å². The fourth-order valence-corrected chi connectivity index (χ4v) is 6.99. The molecule has 0 atom stereocenters. The summed E-state index contributed by atoms with van der Waals surface area (Å²) in [5.41, 5.74) is 12.9. The number of benzene rings is 5. The van der Waals surface area contributed by atoms with E-state index in [1.54, 1.807) is 0 Å². The molecule has 0 bridgehead atoms. The van der Waals surface area contributed by atoms with Gasteiger partial charge in [-0.25, -0.2) is 0 Å². The monoisotopic (exact) mass is 556 g/mol. The van der Waals surface area contributed by atoms with Crippen molar-refractivity contribution in [2.45, 2.75) is 45.4 Å². The Morgan fingerprint density at radius 3 is 1.95 bits per heavy atom. The van der Waals surface area contributed by atoms with Crippen LogP contribution in [0.1, 0.15) is 50.4 Å². The van der Waals surface area contributed by atoms with Gasteiger partial charge < -0.3 is 9.13 Å². The second kappa shape index (κ2) is 9.88. The van der Waals surface area contributed by atoms with Crippen molar-refractivity contribution in [1.82, 2.24) is 9.13 Å². The first-order valence-corrected chi connectivity index (χ1v) is 15.6. The molecule has 1 aliphatic carbocycles. The second-order valence-corrected chi connectivity index (χ2v) is 12.6. The fraction of sp³-hybridized carbons (Fsp3) is 0.171. The minimum Gasteiger partial charge on any atom is -0.310 e. The molecule has 8 rings (SSSR count). The number of fused-ring (bicyclic) bond motifs is 6. The van der Waals surface area contributed by atoms with E-state index in [0.29, 0.717) is 0 Å². The minimum atomic E-state index is 0.120. The molecular weight excluding hydrogens is 520 g/mol. The van der Waals surface area contributed by atoms with Gasteiger partial charge in [0.1, 0.15) is 0 Å². The molecule has 0 saturated carbocycles. The third-order valence-corrected chi connectivity index (χ3v) is 9.74. The summed E-state index contributed by atoms with van der Waals surface area (Å²) in [5.74, 6) is 0. The van der Waals surface area contributed by atoms with Crippen molar-refractivity contribution in [3.63, 3.8) is 0 Å². The first kappa shape index (κ1) is 25.9. The topological polar surface area (TPSA) is 9.86 Å². The number of aromatic nitrogens is 2. The zero-order valence-electron chi connectivity index (χ0n) is 25.1. The smallest absolute Gasteiger partial charge is 0.0544 e. The maximum atomic E-state index is 2.45. The lowest BCUT2D eigenvalue weighted by molar-refractivity contribution is 0.507. The Morgan fingerprint density at radius 2 is 1.23 bits per heavy atom. The standard InChI is InChI=1S/C41H36N2/c1-4-41(2,3)30-23-24-36-35-19-7-10-22-39(35)43(40(36)27-30)32-16-12-14-29(26-32)28-13-11-15-31(25-28)42-37-20-8-5-17-33(37)34-18-6-9-21-38(34)42/h5,7-17,19-27H,4,6,18H2,1-3H3. The lowest BCUT2D eigenvalue weighted by Crippen LogP contribution is -2.15. The summed E-state index contributed by atoms with van der Waals surface area (Å²) in [6.07, 6.45) is 7.91. The van der Waals surface area contributed by atoms with Crippen LogP contribution in [0.15, 0.2) is 121 Å². The third-order valence-electron chi connectivity index (χ3n) is 9.74. The second-order valence-electron chi connectivity index (χ2n) is 12.6. The van der Waals surface area contributed by atoms with E-state index >= 15 is 0 Å². The third kappa shape index (κ3) is 4.08. The number of aryl methyl sites for hydroxylation is 1. The molecule has 2 nitrogen and oxygen atoms in total. The van der Waals surface area contributed by atoms with Crippen molar-refractivity contribution < 1.29 is 0 Å². The predicted octanol–water partition coefficient (Wildman–Crippen LogP) is 11.0. The van der Waals surface area contributed by atoms with Gasteiger partial charge in [-0.05, 0) is 95.5 Å². The van der Waals surface area contributed by atoms with Crippen LogP contribution in [0.2, 0.25) is 0 Å². The zero-order valence-corrected chi connectivity index (χ0v) is 25.1. The van der Waals surface area contributed by atoms with Crippen molar-refractivity contribution in [2.75, 3.05) is 0 Å². The number of nitrogens with zero attached hydrogens (tertiary/aromatic N) is 2. The van der Waals surface area contributed by atoms with E-state index in [-0.39, 0.29) is 5.41 Å². The summed E-state index contributed by atoms with van der Waals surface area (Å²) in [4.78, 5) is 0. The van der Waals surface area contributed by atoms with Crippen LogP contribution < -0.4 is 0 Å². The predicted molar refractivity (Wildman–Crippen MR) is 184 cm³/mol. The van der Waals surface area contributed by atoms with Crippen molar-refractivity contribution in [2.24, 2.45) is 0 Å². The number of hydrogen-bond acceptors (Lipinski definition) is 0. The lowest BCUT2D eigenvalue weighted by Gasteiger charge is -2.23. The average molecular weight is 557 g/mol. The van der Waals surface area contributed by atoms with Crippen LogP contribution in [0.4, 0.5) is 0 Å². The van der Waals surface area contributed by atoms with Gasteiger partial charge in [-0.1, -0.05) is 99.6 Å². The van der Waals surface area contributed by atoms with Crippen LogP contribution in [0.25, 0.3) is 61.3 Å². The largest absolute Gasteiger partial charge is 0.310 e. The Bertz CT molecular complexity index is 2200. The van der Waals surface area contributed by atoms with Crippen LogP contribution in [-0.2, 0) is 11.8 Å². The van der Waals surface area contributed by atoms with Gasteiger partial charge in [0.05, 0.1) is 16.6 Å². The molecule has 0 saturated heterocycles. The highest BCUT2D eigenvalue weighted by molar-refractivity contribution is 6.09. The Labute approximate surface area is 253 Å². The van der Waals surface area contributed by atoms with Gasteiger partial charge in [0.15, 0.2) is 0 Å². The highest BCUT2D eigenvalue weighted by atomic mass is 15.0. The highest BCUT2D eigenvalue weighted by Crippen LogP contribution is 2.38. The van der Waals surface area contributed by atoms with Crippen LogP contribution in [0.3, 0.4) is 0 Å². The van der Waals surface area contributed by atoms with Gasteiger partial charge in [0, 0.05) is 33.2 Å². The minimum absolute atomic E-state index is 0.120. The van der Waals surface area contributed by atoms with E-state index in [2.05, 4.69) is 157 Å². The Kier molecular flexibility index (Phi) is 5.94. The van der Waals surface area contributed by atoms with E-state index in [4.69, 9.17) is 0 Å². The molecule has 7 aromatic rings. The molecule has 210 valence electrons. The van der Waals surface area contributed by atoms with E-state index < -0.39 is 0 Å². The highest BCUT2D eigenvalue weighted by Gasteiger charge is 2.21. The van der Waals surface area contributed by atoms with Crippen LogP contribution in [-0.4, -0.2) is 9.13 Å². The summed E-state index contributed by atoms with van der Waals surface area (Å²) in [6.45, 7) is 6.96. The van der Waals surface area contributed by atoms with Gasteiger partial charge >= 0.3 is 0 Å². The first-order chi connectivity index (χ1) is 21.0. The summed E-state index contributed by atoms with van der Waals surface area (Å²) in [7, 11) is 0. The molecule has 0 spiro atoms. The van der Waals surface area contributed by atoms with Gasteiger partial charge in [0.25, 0.3) is 0 Å².